The average Bonchev–Trinajstić information content (AvgIpc) is 2.96. The number of nitrogens with one attached hydrogen (secondary N) is 1. The molecule has 0 saturated heterocycles. The Morgan fingerprint density at radius 1 is 0.625 bits per heavy atom. The molecule has 3 N–H and O–H groups in total. The van der Waals surface area contributed by atoms with E-state index in [1.54, 1.807) is 6.08 Å². The van der Waals surface area contributed by atoms with E-state index in [0.717, 1.165) is 57.8 Å². The van der Waals surface area contributed by atoms with Gasteiger partial charge in [0, 0.05) is 6.42 Å². The summed E-state index contributed by atoms with van der Waals surface area (Å²) in [4.78, 5) is 12.3. The van der Waals surface area contributed by atoms with Crippen molar-refractivity contribution in [1.29, 1.82) is 0 Å². The van der Waals surface area contributed by atoms with Gasteiger partial charge in [0.2, 0.25) is 5.91 Å². The van der Waals surface area contributed by atoms with Gasteiger partial charge in [0.05, 0.1) is 18.8 Å². The standard InChI is InChI=1S/C36H65NO3/c1-3-5-7-9-11-13-15-17-18-20-22-24-26-28-30-32-36(40)37-34(33-38)35(39)31-29-27-25-23-21-19-16-14-12-10-8-6-4-2/h5,7,11,13,17-18,29,31,34-35,38-39H,3-4,6,8-10,12,14-16,19-28,30,32-33H2,1-2H3,(H,37,40)/t34-,35+/m0/s1. The Kier molecular flexibility index (Phi) is 30.6. The molecule has 0 aliphatic carbocycles. The van der Waals surface area contributed by atoms with E-state index in [9.17, 15) is 15.0 Å². The highest BCUT2D eigenvalue weighted by Gasteiger charge is 2.17. The lowest BCUT2D eigenvalue weighted by molar-refractivity contribution is -0.123. The molecule has 0 radical (unpaired) electrons. The first-order valence-corrected chi connectivity index (χ1v) is 16.9. The van der Waals surface area contributed by atoms with Gasteiger partial charge in [-0.15, -0.1) is 0 Å². The summed E-state index contributed by atoms with van der Waals surface area (Å²) in [5, 5.41) is 22.8. The van der Waals surface area contributed by atoms with Gasteiger partial charge in [0.25, 0.3) is 0 Å². The zero-order valence-electron chi connectivity index (χ0n) is 26.3. The summed E-state index contributed by atoms with van der Waals surface area (Å²) in [5.41, 5.74) is 0. The summed E-state index contributed by atoms with van der Waals surface area (Å²) < 4.78 is 0. The van der Waals surface area contributed by atoms with Crippen molar-refractivity contribution in [3.8, 4) is 0 Å². The van der Waals surface area contributed by atoms with E-state index >= 15 is 0 Å². The number of allylic oxidation sites excluding steroid dienone is 7. The molecule has 0 heterocycles. The number of rotatable bonds is 29. The highest BCUT2D eigenvalue weighted by molar-refractivity contribution is 5.76. The average molecular weight is 560 g/mol. The predicted molar refractivity (Wildman–Crippen MR) is 175 cm³/mol. The van der Waals surface area contributed by atoms with Gasteiger partial charge in [-0.25, -0.2) is 0 Å². The van der Waals surface area contributed by atoms with E-state index in [1.807, 2.05) is 6.08 Å². The first kappa shape index (κ1) is 38.4. The van der Waals surface area contributed by atoms with Crippen molar-refractivity contribution in [3.63, 3.8) is 0 Å². The number of hydrogen-bond acceptors (Lipinski definition) is 3. The molecular formula is C36H65NO3. The Hall–Kier alpha value is -1.65. The van der Waals surface area contributed by atoms with Crippen LogP contribution in [-0.2, 0) is 4.79 Å². The third-order valence-electron chi connectivity index (χ3n) is 7.32. The van der Waals surface area contributed by atoms with Gasteiger partial charge in [-0.05, 0) is 51.4 Å². The smallest absolute Gasteiger partial charge is 0.220 e. The quantitative estimate of drug-likeness (QED) is 0.0631. The molecule has 1 amide bonds. The fourth-order valence-corrected chi connectivity index (χ4v) is 4.72. The SMILES string of the molecule is CCC=CCC=CCC=CCCCCCCCC(=O)N[C@@H](CO)[C@H](O)C=CCCCCCCCCCCCCC. The van der Waals surface area contributed by atoms with Crippen LogP contribution in [0.5, 0.6) is 0 Å². The Morgan fingerprint density at radius 3 is 1.65 bits per heavy atom. The minimum Gasteiger partial charge on any atom is -0.394 e. The van der Waals surface area contributed by atoms with Crippen molar-refractivity contribution >= 4 is 5.91 Å². The van der Waals surface area contributed by atoms with Crippen LogP contribution in [0.2, 0.25) is 0 Å². The van der Waals surface area contributed by atoms with Crippen LogP contribution >= 0.6 is 0 Å². The van der Waals surface area contributed by atoms with Crippen LogP contribution in [0.4, 0.5) is 0 Å². The van der Waals surface area contributed by atoms with E-state index in [-0.39, 0.29) is 12.5 Å². The van der Waals surface area contributed by atoms with Crippen LogP contribution in [0.25, 0.3) is 0 Å². The molecule has 0 aromatic carbocycles. The number of unbranched alkanes of at least 4 members (excludes halogenated alkanes) is 16. The summed E-state index contributed by atoms with van der Waals surface area (Å²) in [5.74, 6) is -0.0852. The molecule has 2 atom stereocenters. The molecule has 0 bridgehead atoms. The first-order chi connectivity index (χ1) is 19.7. The Labute approximate surface area is 248 Å². The van der Waals surface area contributed by atoms with Gasteiger partial charge in [0.1, 0.15) is 0 Å². The van der Waals surface area contributed by atoms with E-state index in [4.69, 9.17) is 0 Å². The lowest BCUT2D eigenvalue weighted by atomic mass is 10.0. The fourth-order valence-electron chi connectivity index (χ4n) is 4.72. The molecule has 0 aliphatic heterocycles. The van der Waals surface area contributed by atoms with Crippen molar-refractivity contribution in [3.05, 3.63) is 48.6 Å². The molecule has 232 valence electrons. The second-order valence-electron chi connectivity index (χ2n) is 11.2. The van der Waals surface area contributed by atoms with Crippen LogP contribution in [0, 0.1) is 0 Å². The van der Waals surface area contributed by atoms with Gasteiger partial charge in [-0.3, -0.25) is 4.79 Å². The second-order valence-corrected chi connectivity index (χ2v) is 11.2. The second kappa shape index (κ2) is 31.9. The summed E-state index contributed by atoms with van der Waals surface area (Å²) in [6, 6.07) is -0.629. The zero-order chi connectivity index (χ0) is 29.4. The predicted octanol–water partition coefficient (Wildman–Crippen LogP) is 9.67. The molecule has 4 nitrogen and oxygen atoms in total. The van der Waals surface area contributed by atoms with E-state index in [1.165, 1.54) is 77.0 Å². The molecule has 40 heavy (non-hydrogen) atoms. The highest BCUT2D eigenvalue weighted by atomic mass is 16.3. The van der Waals surface area contributed by atoms with E-state index in [0.29, 0.717) is 6.42 Å². The molecule has 0 rings (SSSR count). The molecule has 0 aliphatic rings. The minimum absolute atomic E-state index is 0.0852. The van der Waals surface area contributed by atoms with Crippen LogP contribution in [0.3, 0.4) is 0 Å². The van der Waals surface area contributed by atoms with Gasteiger partial charge in [-0.1, -0.05) is 146 Å². The molecule has 0 aromatic heterocycles. The molecule has 0 fully saturated rings. The van der Waals surface area contributed by atoms with E-state index in [2.05, 4.69) is 55.6 Å². The fraction of sp³-hybridized carbons (Fsp3) is 0.750. The Morgan fingerprint density at radius 2 is 1.10 bits per heavy atom. The van der Waals surface area contributed by atoms with Gasteiger partial charge < -0.3 is 15.5 Å². The van der Waals surface area contributed by atoms with Crippen molar-refractivity contribution < 1.29 is 15.0 Å². The number of aliphatic hydroxyl groups excluding tert-OH is 2. The topological polar surface area (TPSA) is 69.6 Å². The minimum atomic E-state index is -0.844. The van der Waals surface area contributed by atoms with Crippen LogP contribution in [0.15, 0.2) is 48.6 Å². The van der Waals surface area contributed by atoms with Crippen molar-refractivity contribution in [2.24, 2.45) is 0 Å². The third kappa shape index (κ3) is 27.9. The molecule has 0 spiro atoms. The Balaban J connectivity index is 3.71. The number of hydrogen-bond donors (Lipinski definition) is 3. The van der Waals surface area contributed by atoms with Crippen LogP contribution < -0.4 is 5.32 Å². The van der Waals surface area contributed by atoms with Crippen molar-refractivity contribution in [1.82, 2.24) is 5.32 Å². The van der Waals surface area contributed by atoms with E-state index < -0.39 is 12.1 Å². The van der Waals surface area contributed by atoms with Gasteiger partial charge in [0.15, 0.2) is 0 Å². The Bertz CT molecular complexity index is 652. The summed E-state index contributed by atoms with van der Waals surface area (Å²) in [6.07, 6.45) is 41.8. The number of amides is 1. The number of carbonyl (C=O) groups is 1. The largest absolute Gasteiger partial charge is 0.394 e. The highest BCUT2D eigenvalue weighted by Crippen LogP contribution is 2.12. The van der Waals surface area contributed by atoms with Crippen LogP contribution in [-0.4, -0.2) is 34.9 Å². The molecule has 0 unspecified atom stereocenters. The molecule has 0 saturated carbocycles. The molecule has 4 heteroatoms. The molecule has 0 aromatic rings. The maximum atomic E-state index is 12.3. The summed E-state index contributed by atoms with van der Waals surface area (Å²) in [7, 11) is 0. The van der Waals surface area contributed by atoms with Crippen molar-refractivity contribution in [2.45, 2.75) is 167 Å². The normalized spacial score (nSPS) is 13.8. The number of carbonyl (C=O) groups excluding carboxylic acids is 1. The zero-order valence-corrected chi connectivity index (χ0v) is 26.3. The maximum absolute atomic E-state index is 12.3. The van der Waals surface area contributed by atoms with Crippen molar-refractivity contribution in [2.75, 3.05) is 6.61 Å². The van der Waals surface area contributed by atoms with Crippen LogP contribution in [0.1, 0.15) is 155 Å². The lowest BCUT2D eigenvalue weighted by Gasteiger charge is -2.20. The summed E-state index contributed by atoms with van der Waals surface area (Å²) in [6.45, 7) is 4.16. The maximum Gasteiger partial charge on any atom is 0.220 e. The first-order valence-electron chi connectivity index (χ1n) is 16.9. The summed E-state index contributed by atoms with van der Waals surface area (Å²) >= 11 is 0. The monoisotopic (exact) mass is 559 g/mol. The van der Waals surface area contributed by atoms with Gasteiger partial charge in [-0.2, -0.15) is 0 Å². The third-order valence-corrected chi connectivity index (χ3v) is 7.32. The van der Waals surface area contributed by atoms with Gasteiger partial charge >= 0.3 is 0 Å². The number of aliphatic hydroxyl groups is 2. The molecular weight excluding hydrogens is 494 g/mol. The lowest BCUT2D eigenvalue weighted by Crippen LogP contribution is -2.45.